The van der Waals surface area contributed by atoms with E-state index in [0.717, 1.165) is 5.69 Å². The van der Waals surface area contributed by atoms with Gasteiger partial charge in [-0.05, 0) is 36.4 Å². The molecule has 2 aliphatic rings. The van der Waals surface area contributed by atoms with Gasteiger partial charge < -0.3 is 10.3 Å². The van der Waals surface area contributed by atoms with E-state index in [1.165, 1.54) is 24.3 Å². The Kier molecular flexibility index (Phi) is 4.12. The summed E-state index contributed by atoms with van der Waals surface area (Å²) in [6, 6.07) is 14.3. The molecule has 8 nitrogen and oxygen atoms in total. The standard InChI is InChI=1S/C24H16N4O4S/c29-22-14-3-1-2-4-20(14)33(31,32)21-11-13(5-6-15(21)22)23-25-9-8-18(28-23)19-12-16-17(27-19)7-10-26-24(16)30/h1-6,8-9,11-12,27H,7,10H2,(H,26,30). The summed E-state index contributed by atoms with van der Waals surface area (Å²) in [7, 11) is -3.86. The number of aromatic amines is 1. The number of fused-ring (bicyclic) bond motifs is 3. The number of aromatic nitrogens is 3. The van der Waals surface area contributed by atoms with Crippen LogP contribution in [0.3, 0.4) is 0 Å². The highest BCUT2D eigenvalue weighted by atomic mass is 32.2. The molecule has 0 fully saturated rings. The molecule has 33 heavy (non-hydrogen) atoms. The molecule has 0 unspecified atom stereocenters. The molecule has 0 bridgehead atoms. The van der Waals surface area contributed by atoms with Crippen molar-refractivity contribution in [2.24, 2.45) is 0 Å². The van der Waals surface area contributed by atoms with Crippen LogP contribution in [0.25, 0.3) is 22.8 Å². The molecule has 4 heterocycles. The maximum absolute atomic E-state index is 13.2. The normalized spacial score (nSPS) is 15.9. The first kappa shape index (κ1) is 19.6. The lowest BCUT2D eigenvalue weighted by Gasteiger charge is -2.19. The second kappa shape index (κ2) is 6.94. The van der Waals surface area contributed by atoms with Crippen molar-refractivity contribution in [2.75, 3.05) is 6.54 Å². The molecule has 0 saturated heterocycles. The van der Waals surface area contributed by atoms with Crippen molar-refractivity contribution in [2.45, 2.75) is 16.2 Å². The molecule has 0 spiro atoms. The van der Waals surface area contributed by atoms with Gasteiger partial charge in [-0.15, -0.1) is 0 Å². The molecular weight excluding hydrogens is 440 g/mol. The molecule has 2 N–H and O–H groups in total. The summed E-state index contributed by atoms with van der Waals surface area (Å²) >= 11 is 0. The second-order valence-electron chi connectivity index (χ2n) is 7.89. The lowest BCUT2D eigenvalue weighted by atomic mass is 10.0. The summed E-state index contributed by atoms with van der Waals surface area (Å²) in [5.41, 5.74) is 3.48. The Bertz CT molecular complexity index is 1600. The molecule has 4 aromatic rings. The Morgan fingerprint density at radius 2 is 1.70 bits per heavy atom. The lowest BCUT2D eigenvalue weighted by Crippen LogP contribution is -2.31. The van der Waals surface area contributed by atoms with Crippen LogP contribution >= 0.6 is 0 Å². The minimum atomic E-state index is -3.86. The zero-order valence-electron chi connectivity index (χ0n) is 17.1. The number of rotatable bonds is 2. The number of carbonyl (C=O) groups is 2. The lowest BCUT2D eigenvalue weighted by molar-refractivity contribution is 0.0945. The number of hydrogen-bond acceptors (Lipinski definition) is 6. The van der Waals surface area contributed by atoms with Crippen LogP contribution in [-0.2, 0) is 16.3 Å². The number of amides is 1. The van der Waals surface area contributed by atoms with E-state index in [4.69, 9.17) is 0 Å². The van der Waals surface area contributed by atoms with E-state index < -0.39 is 9.84 Å². The third-order valence-corrected chi connectivity index (χ3v) is 7.78. The summed E-state index contributed by atoms with van der Waals surface area (Å²) in [5, 5.41) is 2.81. The highest BCUT2D eigenvalue weighted by molar-refractivity contribution is 7.91. The predicted octanol–water partition coefficient (Wildman–Crippen LogP) is 2.80. The van der Waals surface area contributed by atoms with Crippen molar-refractivity contribution in [3.05, 3.63) is 83.2 Å². The van der Waals surface area contributed by atoms with Crippen LogP contribution in [0, 0.1) is 0 Å². The Balaban J connectivity index is 1.45. The first-order chi connectivity index (χ1) is 15.9. The molecule has 162 valence electrons. The molecule has 2 aliphatic heterocycles. The minimum absolute atomic E-state index is 0.00422. The molecule has 1 amide bonds. The van der Waals surface area contributed by atoms with Gasteiger partial charge in [-0.25, -0.2) is 18.4 Å². The van der Waals surface area contributed by atoms with Crippen molar-refractivity contribution < 1.29 is 18.0 Å². The number of benzene rings is 2. The Labute approximate surface area is 188 Å². The van der Waals surface area contributed by atoms with E-state index in [1.54, 1.807) is 36.5 Å². The largest absolute Gasteiger partial charge is 0.356 e. The number of H-pyrrole nitrogens is 1. The SMILES string of the molecule is O=C1c2ccccc2S(=O)(=O)c2cc(-c3nccc(-c4cc5c([nH]4)CCNC5=O)n3)ccc21. The van der Waals surface area contributed by atoms with Crippen LogP contribution in [0.1, 0.15) is 32.0 Å². The minimum Gasteiger partial charge on any atom is -0.356 e. The van der Waals surface area contributed by atoms with Gasteiger partial charge in [-0.1, -0.05) is 18.2 Å². The van der Waals surface area contributed by atoms with Crippen LogP contribution in [0.4, 0.5) is 0 Å². The van der Waals surface area contributed by atoms with Gasteiger partial charge in [-0.2, -0.15) is 0 Å². The highest BCUT2D eigenvalue weighted by Gasteiger charge is 2.34. The van der Waals surface area contributed by atoms with Gasteiger partial charge in [0.15, 0.2) is 11.6 Å². The summed E-state index contributed by atoms with van der Waals surface area (Å²) < 4.78 is 26.4. The fourth-order valence-corrected chi connectivity index (χ4v) is 5.98. The Hall–Kier alpha value is -4.11. The van der Waals surface area contributed by atoms with E-state index in [9.17, 15) is 18.0 Å². The maximum Gasteiger partial charge on any atom is 0.253 e. The maximum atomic E-state index is 13.2. The van der Waals surface area contributed by atoms with Gasteiger partial charge >= 0.3 is 0 Å². The fourth-order valence-electron chi connectivity index (χ4n) is 4.30. The molecule has 0 aliphatic carbocycles. The van der Waals surface area contributed by atoms with Crippen LogP contribution < -0.4 is 5.32 Å². The van der Waals surface area contributed by atoms with Crippen molar-refractivity contribution in [3.8, 4) is 22.8 Å². The number of hydrogen-bond donors (Lipinski definition) is 2. The topological polar surface area (TPSA) is 122 Å². The molecule has 2 aromatic carbocycles. The third-order valence-electron chi connectivity index (χ3n) is 5.93. The monoisotopic (exact) mass is 456 g/mol. The van der Waals surface area contributed by atoms with E-state index in [-0.39, 0.29) is 32.6 Å². The first-order valence-electron chi connectivity index (χ1n) is 10.3. The average Bonchev–Trinajstić information content (AvgIpc) is 3.29. The van der Waals surface area contributed by atoms with Gasteiger partial charge in [0.2, 0.25) is 9.84 Å². The molecule has 2 aromatic heterocycles. The molecule has 6 rings (SSSR count). The Morgan fingerprint density at radius 1 is 0.879 bits per heavy atom. The summed E-state index contributed by atoms with van der Waals surface area (Å²) in [6.07, 6.45) is 2.28. The molecule has 9 heteroatoms. The van der Waals surface area contributed by atoms with Gasteiger partial charge in [0.25, 0.3) is 5.91 Å². The third kappa shape index (κ3) is 2.93. The van der Waals surface area contributed by atoms with E-state index >= 15 is 0 Å². The number of ketones is 1. The molecular formula is C24H16N4O4S. The number of sulfone groups is 1. The summed E-state index contributed by atoms with van der Waals surface area (Å²) in [5.74, 6) is -0.140. The van der Waals surface area contributed by atoms with E-state index in [1.807, 2.05) is 0 Å². The van der Waals surface area contributed by atoms with Crippen molar-refractivity contribution in [1.29, 1.82) is 0 Å². The van der Waals surface area contributed by atoms with E-state index in [0.29, 0.717) is 41.3 Å². The van der Waals surface area contributed by atoms with Crippen LogP contribution in [0.15, 0.2) is 70.6 Å². The zero-order valence-corrected chi connectivity index (χ0v) is 17.9. The fraction of sp³-hybridized carbons (Fsp3) is 0.0833. The highest BCUT2D eigenvalue weighted by Crippen LogP contribution is 2.36. The molecule has 0 saturated carbocycles. The zero-order chi connectivity index (χ0) is 22.7. The molecule has 0 radical (unpaired) electrons. The van der Waals surface area contributed by atoms with Crippen LogP contribution in [0.5, 0.6) is 0 Å². The smallest absolute Gasteiger partial charge is 0.253 e. The number of nitrogens with zero attached hydrogens (tertiary/aromatic N) is 2. The van der Waals surface area contributed by atoms with Gasteiger partial charge in [-0.3, -0.25) is 9.59 Å². The van der Waals surface area contributed by atoms with Crippen LogP contribution in [-0.4, -0.2) is 41.6 Å². The van der Waals surface area contributed by atoms with Crippen LogP contribution in [0.2, 0.25) is 0 Å². The van der Waals surface area contributed by atoms with Gasteiger partial charge in [0.1, 0.15) is 0 Å². The van der Waals surface area contributed by atoms with E-state index in [2.05, 4.69) is 20.3 Å². The summed E-state index contributed by atoms with van der Waals surface area (Å²) in [6.45, 7) is 0.576. The quantitative estimate of drug-likeness (QED) is 0.421. The van der Waals surface area contributed by atoms with Gasteiger partial charge in [0.05, 0.1) is 26.7 Å². The van der Waals surface area contributed by atoms with Gasteiger partial charge in [0, 0.05) is 41.5 Å². The second-order valence-corrected chi connectivity index (χ2v) is 9.77. The van der Waals surface area contributed by atoms with Crippen molar-refractivity contribution in [1.82, 2.24) is 20.3 Å². The number of nitrogens with one attached hydrogen (secondary N) is 2. The predicted molar refractivity (Wildman–Crippen MR) is 119 cm³/mol. The number of carbonyl (C=O) groups excluding carboxylic acids is 2. The Morgan fingerprint density at radius 3 is 2.55 bits per heavy atom. The van der Waals surface area contributed by atoms with Crippen molar-refractivity contribution in [3.63, 3.8) is 0 Å². The summed E-state index contributed by atoms with van der Waals surface area (Å²) in [4.78, 5) is 37.1. The van der Waals surface area contributed by atoms with Crippen molar-refractivity contribution >= 4 is 21.5 Å². The first-order valence-corrected chi connectivity index (χ1v) is 11.8. The average molecular weight is 456 g/mol. The molecule has 0 atom stereocenters.